The molecule has 0 spiro atoms. The number of anilines is 2. The highest BCUT2D eigenvalue weighted by Crippen LogP contribution is 2.29. The Balaban J connectivity index is 1.90. The lowest BCUT2D eigenvalue weighted by Gasteiger charge is -2.22. The van der Waals surface area contributed by atoms with Crippen molar-refractivity contribution in [2.75, 3.05) is 11.5 Å². The molecule has 5 N–H and O–H groups in total. The van der Waals surface area contributed by atoms with Crippen LogP contribution in [0.25, 0.3) is 0 Å². The van der Waals surface area contributed by atoms with E-state index in [9.17, 15) is 14.0 Å². The van der Waals surface area contributed by atoms with E-state index in [-0.39, 0.29) is 24.3 Å². The van der Waals surface area contributed by atoms with Gasteiger partial charge in [-0.2, -0.15) is 15.0 Å². The number of hydrogen-bond acceptors (Lipinski definition) is 7. The van der Waals surface area contributed by atoms with Crippen LogP contribution in [0.2, 0.25) is 0 Å². The van der Waals surface area contributed by atoms with Crippen molar-refractivity contribution in [2.45, 2.75) is 19.0 Å². The Hall–Kier alpha value is -3.30. The third-order valence-electron chi connectivity index (χ3n) is 3.71. The molecule has 1 aromatic heterocycles. The number of nitrogens with one attached hydrogen (secondary N) is 1. The van der Waals surface area contributed by atoms with Gasteiger partial charge in [-0.1, -0.05) is 12.1 Å². The molecule has 0 bridgehead atoms. The van der Waals surface area contributed by atoms with Crippen LogP contribution in [-0.2, 0) is 16.9 Å². The number of urea groups is 1. The number of imide groups is 1. The lowest BCUT2D eigenvalue weighted by atomic mass is 9.92. The highest BCUT2D eigenvalue weighted by Gasteiger charge is 2.49. The number of nitrogens with zero attached hydrogens (tertiary/aromatic N) is 4. The standard InChI is InChI=1S/C14H14FN7O2/c1-14(7-2-4-8(15)5-3-7)10(23)22(13(24)21-14)6-9-18-11(16)20-12(17)19-9/h2-5H,6H2,1H3,(H,21,24)(H4,16,17,18,19,20)/t14-/m1/s1. The zero-order valence-corrected chi connectivity index (χ0v) is 12.7. The van der Waals surface area contributed by atoms with E-state index in [1.165, 1.54) is 31.2 Å². The molecular weight excluding hydrogens is 317 g/mol. The summed E-state index contributed by atoms with van der Waals surface area (Å²) >= 11 is 0. The summed E-state index contributed by atoms with van der Waals surface area (Å²) in [7, 11) is 0. The Labute approximate surface area is 135 Å². The number of aromatic nitrogens is 3. The molecule has 1 aliphatic heterocycles. The number of nitrogen functional groups attached to an aromatic ring is 2. The lowest BCUT2D eigenvalue weighted by Crippen LogP contribution is -2.40. The average Bonchev–Trinajstić information content (AvgIpc) is 2.71. The third-order valence-corrected chi connectivity index (χ3v) is 3.71. The summed E-state index contributed by atoms with van der Waals surface area (Å²) in [6.45, 7) is 1.33. The summed E-state index contributed by atoms with van der Waals surface area (Å²) < 4.78 is 13.1. The maximum Gasteiger partial charge on any atom is 0.325 e. The molecule has 10 heteroatoms. The van der Waals surface area contributed by atoms with E-state index in [0.29, 0.717) is 5.56 Å². The number of carbonyl (C=O) groups is 2. The van der Waals surface area contributed by atoms with E-state index in [0.717, 1.165) is 4.90 Å². The summed E-state index contributed by atoms with van der Waals surface area (Å²) in [4.78, 5) is 37.2. The van der Waals surface area contributed by atoms with Crippen molar-refractivity contribution in [1.82, 2.24) is 25.2 Å². The van der Waals surface area contributed by atoms with Crippen LogP contribution in [0.15, 0.2) is 24.3 Å². The van der Waals surface area contributed by atoms with Crippen molar-refractivity contribution in [1.29, 1.82) is 0 Å². The summed E-state index contributed by atoms with van der Waals surface area (Å²) in [5.74, 6) is -1.08. The van der Waals surface area contributed by atoms with Crippen LogP contribution in [0.3, 0.4) is 0 Å². The molecule has 0 radical (unpaired) electrons. The lowest BCUT2D eigenvalue weighted by molar-refractivity contribution is -0.131. The molecule has 0 aliphatic carbocycles. The highest BCUT2D eigenvalue weighted by atomic mass is 19.1. The van der Waals surface area contributed by atoms with Crippen molar-refractivity contribution in [3.05, 3.63) is 41.5 Å². The van der Waals surface area contributed by atoms with Crippen LogP contribution in [0, 0.1) is 5.82 Å². The number of nitrogens with two attached hydrogens (primary N) is 2. The molecule has 0 saturated carbocycles. The maximum absolute atomic E-state index is 13.1. The smallest absolute Gasteiger partial charge is 0.325 e. The van der Waals surface area contributed by atoms with Gasteiger partial charge >= 0.3 is 6.03 Å². The first-order valence-corrected chi connectivity index (χ1v) is 6.95. The quantitative estimate of drug-likeness (QED) is 0.680. The topological polar surface area (TPSA) is 140 Å². The Kier molecular flexibility index (Phi) is 3.51. The van der Waals surface area contributed by atoms with Gasteiger partial charge in [0.1, 0.15) is 11.4 Å². The van der Waals surface area contributed by atoms with Gasteiger partial charge < -0.3 is 16.8 Å². The van der Waals surface area contributed by atoms with Crippen LogP contribution >= 0.6 is 0 Å². The van der Waals surface area contributed by atoms with Gasteiger partial charge in [-0.3, -0.25) is 9.69 Å². The number of amides is 3. The first kappa shape index (κ1) is 15.6. The molecule has 9 nitrogen and oxygen atoms in total. The fourth-order valence-electron chi connectivity index (χ4n) is 2.49. The van der Waals surface area contributed by atoms with Crippen LogP contribution in [0.4, 0.5) is 21.1 Å². The molecule has 1 aromatic carbocycles. The van der Waals surface area contributed by atoms with Crippen molar-refractivity contribution in [2.24, 2.45) is 0 Å². The van der Waals surface area contributed by atoms with Crippen molar-refractivity contribution >= 4 is 23.8 Å². The molecule has 1 atom stereocenters. The molecule has 3 amide bonds. The summed E-state index contributed by atoms with van der Waals surface area (Å²) in [5.41, 5.74) is 10.1. The Bertz CT molecular complexity index is 806. The zero-order valence-electron chi connectivity index (χ0n) is 12.7. The van der Waals surface area contributed by atoms with Crippen LogP contribution in [0.1, 0.15) is 18.3 Å². The minimum Gasteiger partial charge on any atom is -0.368 e. The summed E-state index contributed by atoms with van der Waals surface area (Å²) in [6, 6.07) is 4.70. The van der Waals surface area contributed by atoms with E-state index in [1.807, 2.05) is 0 Å². The summed E-state index contributed by atoms with van der Waals surface area (Å²) in [5, 5.41) is 2.60. The molecule has 0 unspecified atom stereocenters. The predicted octanol–water partition coefficient (Wildman–Crippen LogP) is 0.142. The molecule has 3 rings (SSSR count). The zero-order chi connectivity index (χ0) is 17.5. The second kappa shape index (κ2) is 5.41. The predicted molar refractivity (Wildman–Crippen MR) is 81.5 cm³/mol. The fourth-order valence-corrected chi connectivity index (χ4v) is 2.49. The van der Waals surface area contributed by atoms with Crippen molar-refractivity contribution < 1.29 is 14.0 Å². The molecule has 1 aliphatic rings. The molecule has 24 heavy (non-hydrogen) atoms. The normalized spacial score (nSPS) is 20.3. The Morgan fingerprint density at radius 3 is 2.29 bits per heavy atom. The van der Waals surface area contributed by atoms with Gasteiger partial charge in [-0.25, -0.2) is 9.18 Å². The number of halogens is 1. The molecule has 1 saturated heterocycles. The van der Waals surface area contributed by atoms with Crippen LogP contribution < -0.4 is 16.8 Å². The number of rotatable bonds is 3. The average molecular weight is 331 g/mol. The van der Waals surface area contributed by atoms with Gasteiger partial charge in [0.05, 0.1) is 6.54 Å². The molecule has 1 fully saturated rings. The molecular formula is C14H14FN7O2. The van der Waals surface area contributed by atoms with Gasteiger partial charge in [-0.15, -0.1) is 0 Å². The van der Waals surface area contributed by atoms with E-state index < -0.39 is 23.3 Å². The van der Waals surface area contributed by atoms with Gasteiger partial charge in [0.2, 0.25) is 11.9 Å². The SMILES string of the molecule is C[C@]1(c2ccc(F)cc2)NC(=O)N(Cc2nc(N)nc(N)n2)C1=O. The fraction of sp³-hybridized carbons (Fsp3) is 0.214. The minimum absolute atomic E-state index is 0.0897. The third kappa shape index (κ3) is 2.57. The van der Waals surface area contributed by atoms with Crippen molar-refractivity contribution in [3.63, 3.8) is 0 Å². The maximum atomic E-state index is 13.1. The molecule has 2 heterocycles. The molecule has 124 valence electrons. The minimum atomic E-state index is -1.31. The Morgan fingerprint density at radius 2 is 1.71 bits per heavy atom. The van der Waals surface area contributed by atoms with E-state index in [1.54, 1.807) is 0 Å². The monoisotopic (exact) mass is 331 g/mol. The van der Waals surface area contributed by atoms with E-state index >= 15 is 0 Å². The van der Waals surface area contributed by atoms with E-state index in [4.69, 9.17) is 11.5 Å². The largest absolute Gasteiger partial charge is 0.368 e. The number of benzene rings is 1. The van der Waals surface area contributed by atoms with Gasteiger partial charge in [-0.05, 0) is 24.6 Å². The van der Waals surface area contributed by atoms with Crippen LogP contribution in [0.5, 0.6) is 0 Å². The molecule has 2 aromatic rings. The van der Waals surface area contributed by atoms with Crippen LogP contribution in [-0.4, -0.2) is 31.8 Å². The van der Waals surface area contributed by atoms with E-state index in [2.05, 4.69) is 20.3 Å². The van der Waals surface area contributed by atoms with Crippen molar-refractivity contribution in [3.8, 4) is 0 Å². The van der Waals surface area contributed by atoms with Gasteiger partial charge in [0.15, 0.2) is 5.82 Å². The second-order valence-corrected chi connectivity index (χ2v) is 5.42. The number of carbonyl (C=O) groups excluding carboxylic acids is 2. The number of hydrogen-bond donors (Lipinski definition) is 3. The first-order chi connectivity index (χ1) is 11.3. The van der Waals surface area contributed by atoms with Gasteiger partial charge in [0.25, 0.3) is 5.91 Å². The second-order valence-electron chi connectivity index (χ2n) is 5.42. The van der Waals surface area contributed by atoms with Gasteiger partial charge in [0, 0.05) is 0 Å². The highest BCUT2D eigenvalue weighted by molar-refractivity contribution is 6.07. The Morgan fingerprint density at radius 1 is 1.12 bits per heavy atom. The summed E-state index contributed by atoms with van der Waals surface area (Å²) in [6.07, 6.45) is 0. The first-order valence-electron chi connectivity index (χ1n) is 6.95.